The summed E-state index contributed by atoms with van der Waals surface area (Å²) in [5, 5.41) is 7.52. The van der Waals surface area contributed by atoms with Crippen molar-refractivity contribution < 1.29 is 9.32 Å². The van der Waals surface area contributed by atoms with E-state index in [0.29, 0.717) is 29.6 Å². The number of carbonyl (C=O) groups is 1. The molecule has 0 saturated carbocycles. The van der Waals surface area contributed by atoms with E-state index < -0.39 is 0 Å². The average Bonchev–Trinajstić information content (AvgIpc) is 3.13. The van der Waals surface area contributed by atoms with Gasteiger partial charge in [-0.1, -0.05) is 59.2 Å². The molecule has 26 heavy (non-hydrogen) atoms. The second-order valence-electron chi connectivity index (χ2n) is 6.19. The second-order valence-corrected chi connectivity index (χ2v) is 6.60. The molecule has 1 N–H and O–H groups in total. The van der Waals surface area contributed by atoms with Crippen molar-refractivity contribution in [3.05, 3.63) is 70.6 Å². The highest BCUT2D eigenvalue weighted by atomic mass is 35.5. The minimum absolute atomic E-state index is 0.0560. The van der Waals surface area contributed by atoms with Crippen molar-refractivity contribution in [3.8, 4) is 11.4 Å². The minimum Gasteiger partial charge on any atom is -0.345 e. The predicted octanol–water partition coefficient (Wildman–Crippen LogP) is 4.51. The Kier molecular flexibility index (Phi) is 5.68. The first-order chi connectivity index (χ1) is 12.5. The summed E-state index contributed by atoms with van der Waals surface area (Å²) in [6.07, 6.45) is 1.10. The minimum atomic E-state index is -0.361. The molecule has 0 aliphatic heterocycles. The molecule has 0 bridgehead atoms. The smallest absolute Gasteiger partial charge is 0.249 e. The van der Waals surface area contributed by atoms with Gasteiger partial charge in [0.15, 0.2) is 0 Å². The molecule has 3 aromatic rings. The molecule has 2 aromatic carbocycles. The number of nitrogens with one attached hydrogen (secondary N) is 1. The van der Waals surface area contributed by atoms with Crippen molar-refractivity contribution in [2.75, 3.05) is 0 Å². The van der Waals surface area contributed by atoms with E-state index in [0.717, 1.165) is 16.7 Å². The SMILES string of the molecule is Cc1ccc(-c2noc([C@@H](C)NC(=O)CCc3ccccc3)n2)cc1Cl. The van der Waals surface area contributed by atoms with Crippen LogP contribution in [0.5, 0.6) is 0 Å². The third-order valence-corrected chi connectivity index (χ3v) is 4.51. The number of nitrogens with zero attached hydrogens (tertiary/aromatic N) is 2. The molecular weight excluding hydrogens is 350 g/mol. The lowest BCUT2D eigenvalue weighted by Crippen LogP contribution is -2.27. The van der Waals surface area contributed by atoms with Crippen LogP contribution in [-0.2, 0) is 11.2 Å². The van der Waals surface area contributed by atoms with Crippen molar-refractivity contribution in [1.82, 2.24) is 15.5 Å². The average molecular weight is 370 g/mol. The van der Waals surface area contributed by atoms with Crippen LogP contribution in [0.2, 0.25) is 5.02 Å². The molecule has 0 saturated heterocycles. The molecule has 1 amide bonds. The zero-order chi connectivity index (χ0) is 18.5. The Labute approximate surface area is 157 Å². The van der Waals surface area contributed by atoms with Crippen molar-refractivity contribution >= 4 is 17.5 Å². The molecule has 6 heteroatoms. The summed E-state index contributed by atoms with van der Waals surface area (Å²) in [6, 6.07) is 15.1. The van der Waals surface area contributed by atoms with Gasteiger partial charge >= 0.3 is 0 Å². The summed E-state index contributed by atoms with van der Waals surface area (Å²) < 4.78 is 5.30. The van der Waals surface area contributed by atoms with E-state index in [9.17, 15) is 4.79 Å². The number of aromatic nitrogens is 2. The molecule has 3 rings (SSSR count). The lowest BCUT2D eigenvalue weighted by Gasteiger charge is -2.09. The molecule has 0 aliphatic rings. The van der Waals surface area contributed by atoms with Gasteiger partial charge in [-0.25, -0.2) is 0 Å². The molecule has 0 spiro atoms. The third-order valence-electron chi connectivity index (χ3n) is 4.10. The topological polar surface area (TPSA) is 68.0 Å². The van der Waals surface area contributed by atoms with Crippen molar-refractivity contribution in [2.24, 2.45) is 0 Å². The number of rotatable bonds is 6. The maximum atomic E-state index is 12.1. The maximum absolute atomic E-state index is 12.1. The lowest BCUT2D eigenvalue weighted by molar-refractivity contribution is -0.121. The van der Waals surface area contributed by atoms with Gasteiger partial charge < -0.3 is 9.84 Å². The Morgan fingerprint density at radius 2 is 2.00 bits per heavy atom. The third kappa shape index (κ3) is 4.49. The van der Waals surface area contributed by atoms with Crippen LogP contribution in [-0.4, -0.2) is 16.0 Å². The first kappa shape index (κ1) is 18.1. The maximum Gasteiger partial charge on any atom is 0.249 e. The monoisotopic (exact) mass is 369 g/mol. The number of amides is 1. The van der Waals surface area contributed by atoms with E-state index in [-0.39, 0.29) is 11.9 Å². The van der Waals surface area contributed by atoms with Gasteiger partial charge in [0.1, 0.15) is 6.04 Å². The number of hydrogen-bond donors (Lipinski definition) is 1. The summed E-state index contributed by atoms with van der Waals surface area (Å²) >= 11 is 6.14. The van der Waals surface area contributed by atoms with E-state index in [2.05, 4.69) is 15.5 Å². The number of halogens is 1. The molecule has 0 aliphatic carbocycles. The quantitative estimate of drug-likeness (QED) is 0.694. The highest BCUT2D eigenvalue weighted by Gasteiger charge is 2.17. The Morgan fingerprint density at radius 3 is 2.73 bits per heavy atom. The van der Waals surface area contributed by atoms with Gasteiger partial charge in [0.05, 0.1) is 0 Å². The fraction of sp³-hybridized carbons (Fsp3) is 0.250. The number of carbonyl (C=O) groups excluding carboxylic acids is 1. The Bertz CT molecular complexity index is 893. The number of benzene rings is 2. The predicted molar refractivity (Wildman–Crippen MR) is 101 cm³/mol. The standard InChI is InChI=1S/C20H20ClN3O2/c1-13-8-10-16(12-17(13)21)19-23-20(26-24-19)14(2)22-18(25)11-9-15-6-4-3-5-7-15/h3-8,10,12,14H,9,11H2,1-2H3,(H,22,25)/t14-/m1/s1. The van der Waals surface area contributed by atoms with E-state index in [4.69, 9.17) is 16.1 Å². The molecule has 0 radical (unpaired) electrons. The molecule has 1 aromatic heterocycles. The van der Waals surface area contributed by atoms with Crippen LogP contribution in [0.4, 0.5) is 0 Å². The van der Waals surface area contributed by atoms with Crippen LogP contribution < -0.4 is 5.32 Å². The van der Waals surface area contributed by atoms with Gasteiger partial charge in [-0.2, -0.15) is 4.98 Å². The first-order valence-corrected chi connectivity index (χ1v) is 8.84. The van der Waals surface area contributed by atoms with Gasteiger partial charge in [-0.15, -0.1) is 0 Å². The number of hydrogen-bond acceptors (Lipinski definition) is 4. The highest BCUT2D eigenvalue weighted by molar-refractivity contribution is 6.31. The molecule has 5 nitrogen and oxygen atoms in total. The van der Waals surface area contributed by atoms with Gasteiger partial charge in [0.2, 0.25) is 17.6 Å². The summed E-state index contributed by atoms with van der Waals surface area (Å²) in [4.78, 5) is 16.5. The van der Waals surface area contributed by atoms with Crippen LogP contribution in [0.15, 0.2) is 53.1 Å². The van der Waals surface area contributed by atoms with E-state index >= 15 is 0 Å². The van der Waals surface area contributed by atoms with Gasteiger partial charge in [0.25, 0.3) is 0 Å². The zero-order valence-electron chi connectivity index (χ0n) is 14.7. The molecule has 134 valence electrons. The zero-order valence-corrected chi connectivity index (χ0v) is 15.5. The summed E-state index contributed by atoms with van der Waals surface area (Å²) in [5.74, 6) is 0.761. The van der Waals surface area contributed by atoms with Crippen molar-refractivity contribution in [1.29, 1.82) is 0 Å². The second kappa shape index (κ2) is 8.15. The van der Waals surface area contributed by atoms with Gasteiger partial charge in [0, 0.05) is 17.0 Å². The first-order valence-electron chi connectivity index (χ1n) is 8.46. The highest BCUT2D eigenvalue weighted by Crippen LogP contribution is 2.24. The normalized spacial score (nSPS) is 12.0. The molecular formula is C20H20ClN3O2. The van der Waals surface area contributed by atoms with E-state index in [1.807, 2.05) is 56.3 Å². The lowest BCUT2D eigenvalue weighted by atomic mass is 10.1. The van der Waals surface area contributed by atoms with Crippen LogP contribution in [0.3, 0.4) is 0 Å². The van der Waals surface area contributed by atoms with Gasteiger partial charge in [-0.3, -0.25) is 4.79 Å². The fourth-order valence-corrected chi connectivity index (χ4v) is 2.72. The van der Waals surface area contributed by atoms with Crippen molar-refractivity contribution in [3.63, 3.8) is 0 Å². The number of aryl methyl sites for hydroxylation is 2. The Hall–Kier alpha value is -2.66. The Balaban J connectivity index is 1.59. The largest absolute Gasteiger partial charge is 0.345 e. The van der Waals surface area contributed by atoms with Crippen LogP contribution in [0.25, 0.3) is 11.4 Å². The van der Waals surface area contributed by atoms with E-state index in [1.165, 1.54) is 0 Å². The summed E-state index contributed by atoms with van der Waals surface area (Å²) in [5.41, 5.74) is 2.89. The van der Waals surface area contributed by atoms with Crippen LogP contribution >= 0.6 is 11.6 Å². The summed E-state index contributed by atoms with van der Waals surface area (Å²) in [7, 11) is 0. The van der Waals surface area contributed by atoms with E-state index in [1.54, 1.807) is 6.07 Å². The van der Waals surface area contributed by atoms with Crippen LogP contribution in [0.1, 0.15) is 36.4 Å². The molecule has 0 unspecified atom stereocenters. The molecule has 0 fully saturated rings. The summed E-state index contributed by atoms with van der Waals surface area (Å²) in [6.45, 7) is 3.75. The van der Waals surface area contributed by atoms with Gasteiger partial charge in [-0.05, 0) is 37.5 Å². The van der Waals surface area contributed by atoms with Crippen molar-refractivity contribution in [2.45, 2.75) is 32.7 Å². The Morgan fingerprint density at radius 1 is 1.23 bits per heavy atom. The fourth-order valence-electron chi connectivity index (χ4n) is 2.54. The molecule has 1 heterocycles. The molecule has 1 atom stereocenters. The van der Waals surface area contributed by atoms with Crippen LogP contribution in [0, 0.1) is 6.92 Å².